The highest BCUT2D eigenvalue weighted by molar-refractivity contribution is 6.04. The first-order chi connectivity index (χ1) is 13.0. The molecule has 8 heteroatoms. The number of amides is 1. The molecule has 0 saturated heterocycles. The second kappa shape index (κ2) is 9.51. The molecule has 27 heavy (non-hydrogen) atoms. The Kier molecular flexibility index (Phi) is 7.10. The van der Waals surface area contributed by atoms with Gasteiger partial charge in [-0.1, -0.05) is 13.8 Å². The molecule has 0 aliphatic heterocycles. The van der Waals surface area contributed by atoms with Gasteiger partial charge in [-0.25, -0.2) is 0 Å². The fourth-order valence-corrected chi connectivity index (χ4v) is 2.24. The Morgan fingerprint density at radius 3 is 2.37 bits per heavy atom. The van der Waals surface area contributed by atoms with E-state index in [-0.39, 0.29) is 11.3 Å². The molecule has 0 radical (unpaired) electrons. The van der Waals surface area contributed by atoms with Crippen LogP contribution in [0.3, 0.4) is 0 Å². The Morgan fingerprint density at radius 2 is 1.74 bits per heavy atom. The quantitative estimate of drug-likeness (QED) is 0.512. The van der Waals surface area contributed by atoms with E-state index in [0.717, 1.165) is 25.0 Å². The highest BCUT2D eigenvalue weighted by atomic mass is 19.1. The van der Waals surface area contributed by atoms with Crippen molar-refractivity contribution in [3.05, 3.63) is 57.9 Å². The van der Waals surface area contributed by atoms with E-state index in [4.69, 9.17) is 9.47 Å². The van der Waals surface area contributed by atoms with Crippen LogP contribution < -0.4 is 14.8 Å². The number of anilines is 1. The smallest absolute Gasteiger partial charge is 0.306 e. The molecule has 2 aromatic rings. The van der Waals surface area contributed by atoms with Gasteiger partial charge >= 0.3 is 5.69 Å². The largest absolute Gasteiger partial charge is 0.490 e. The van der Waals surface area contributed by atoms with Crippen molar-refractivity contribution in [3.63, 3.8) is 0 Å². The normalized spacial score (nSPS) is 10.3. The molecule has 0 fully saturated rings. The van der Waals surface area contributed by atoms with E-state index in [2.05, 4.69) is 5.32 Å². The SMILES string of the molecule is CCCOc1ccc(C(=O)Nc2ccc(F)c([N+](=O)[O-])c2)cc1OCCC. The van der Waals surface area contributed by atoms with Crippen LogP contribution in [0.25, 0.3) is 0 Å². The molecule has 0 bridgehead atoms. The number of nitrogens with zero attached hydrogens (tertiary/aromatic N) is 1. The van der Waals surface area contributed by atoms with Crippen molar-refractivity contribution in [1.29, 1.82) is 0 Å². The van der Waals surface area contributed by atoms with E-state index in [9.17, 15) is 19.3 Å². The van der Waals surface area contributed by atoms with Crippen molar-refractivity contribution in [3.8, 4) is 11.5 Å². The Labute approximate surface area is 156 Å². The number of nitro benzene ring substituents is 1. The van der Waals surface area contributed by atoms with E-state index in [0.29, 0.717) is 24.7 Å². The van der Waals surface area contributed by atoms with Gasteiger partial charge in [0, 0.05) is 17.3 Å². The average Bonchev–Trinajstić information content (AvgIpc) is 2.66. The first-order valence-electron chi connectivity index (χ1n) is 8.61. The number of benzene rings is 2. The van der Waals surface area contributed by atoms with Crippen LogP contribution in [0.2, 0.25) is 0 Å². The van der Waals surface area contributed by atoms with Gasteiger partial charge in [0.25, 0.3) is 5.91 Å². The molecule has 144 valence electrons. The summed E-state index contributed by atoms with van der Waals surface area (Å²) >= 11 is 0. The lowest BCUT2D eigenvalue weighted by Crippen LogP contribution is -2.13. The standard InChI is InChI=1S/C19H21FN2O5/c1-3-9-26-17-8-5-13(11-18(17)27-10-4-2)19(23)21-14-6-7-15(20)16(12-14)22(24)25/h5-8,11-12H,3-4,9-10H2,1-2H3,(H,21,23). The van der Waals surface area contributed by atoms with Gasteiger partial charge < -0.3 is 14.8 Å². The Morgan fingerprint density at radius 1 is 1.07 bits per heavy atom. The molecule has 7 nitrogen and oxygen atoms in total. The van der Waals surface area contributed by atoms with Crippen molar-refractivity contribution in [2.24, 2.45) is 0 Å². The maximum absolute atomic E-state index is 13.4. The third-order valence-electron chi connectivity index (χ3n) is 3.53. The summed E-state index contributed by atoms with van der Waals surface area (Å²) < 4.78 is 24.7. The number of ether oxygens (including phenoxy) is 2. The van der Waals surface area contributed by atoms with Gasteiger partial charge in [-0.05, 0) is 43.2 Å². The summed E-state index contributed by atoms with van der Waals surface area (Å²) in [7, 11) is 0. The van der Waals surface area contributed by atoms with Crippen LogP contribution in [0.5, 0.6) is 11.5 Å². The van der Waals surface area contributed by atoms with E-state index in [1.807, 2.05) is 13.8 Å². The van der Waals surface area contributed by atoms with E-state index < -0.39 is 22.3 Å². The lowest BCUT2D eigenvalue weighted by molar-refractivity contribution is -0.387. The van der Waals surface area contributed by atoms with Gasteiger partial charge in [0.05, 0.1) is 18.1 Å². The topological polar surface area (TPSA) is 90.7 Å². The van der Waals surface area contributed by atoms with Gasteiger partial charge in [-0.15, -0.1) is 0 Å². The molecule has 2 rings (SSSR count). The molecule has 0 aliphatic rings. The van der Waals surface area contributed by atoms with Crippen LogP contribution in [0, 0.1) is 15.9 Å². The van der Waals surface area contributed by atoms with Crippen molar-refractivity contribution >= 4 is 17.3 Å². The maximum Gasteiger partial charge on any atom is 0.306 e. The predicted octanol–water partition coefficient (Wildman–Crippen LogP) is 4.56. The number of carbonyl (C=O) groups excluding carboxylic acids is 1. The molecule has 0 heterocycles. The molecule has 0 saturated carbocycles. The van der Waals surface area contributed by atoms with Crippen LogP contribution in [-0.4, -0.2) is 24.0 Å². The highest BCUT2D eigenvalue weighted by Crippen LogP contribution is 2.29. The summed E-state index contributed by atoms with van der Waals surface area (Å²) in [6.45, 7) is 4.94. The van der Waals surface area contributed by atoms with Crippen LogP contribution in [-0.2, 0) is 0 Å². The highest BCUT2D eigenvalue weighted by Gasteiger charge is 2.17. The summed E-state index contributed by atoms with van der Waals surface area (Å²) in [4.78, 5) is 22.4. The fourth-order valence-electron chi connectivity index (χ4n) is 2.24. The van der Waals surface area contributed by atoms with Crippen molar-refractivity contribution in [2.45, 2.75) is 26.7 Å². The Hall–Kier alpha value is -3.16. The van der Waals surface area contributed by atoms with E-state index in [1.54, 1.807) is 18.2 Å². The van der Waals surface area contributed by atoms with Gasteiger partial charge in [0.15, 0.2) is 11.5 Å². The second-order valence-electron chi connectivity index (χ2n) is 5.74. The van der Waals surface area contributed by atoms with E-state index >= 15 is 0 Å². The third kappa shape index (κ3) is 5.40. The van der Waals surface area contributed by atoms with Crippen molar-refractivity contribution < 1.29 is 23.6 Å². The maximum atomic E-state index is 13.4. The predicted molar refractivity (Wildman–Crippen MR) is 99.0 cm³/mol. The third-order valence-corrected chi connectivity index (χ3v) is 3.53. The zero-order valence-electron chi connectivity index (χ0n) is 15.2. The summed E-state index contributed by atoms with van der Waals surface area (Å²) in [5, 5.41) is 13.3. The molecule has 2 aromatic carbocycles. The van der Waals surface area contributed by atoms with E-state index in [1.165, 1.54) is 6.07 Å². The second-order valence-corrected chi connectivity index (χ2v) is 5.74. The molecule has 1 amide bonds. The Balaban J connectivity index is 2.22. The lowest BCUT2D eigenvalue weighted by Gasteiger charge is -2.13. The summed E-state index contributed by atoms with van der Waals surface area (Å²) in [6, 6.07) is 7.92. The molecule has 0 unspecified atom stereocenters. The van der Waals surface area contributed by atoms with Gasteiger partial charge in [-0.2, -0.15) is 4.39 Å². The zero-order chi connectivity index (χ0) is 19.8. The number of rotatable bonds is 9. The number of halogens is 1. The van der Waals surface area contributed by atoms with Crippen LogP contribution in [0.15, 0.2) is 36.4 Å². The number of hydrogen-bond acceptors (Lipinski definition) is 5. The minimum Gasteiger partial charge on any atom is -0.490 e. The lowest BCUT2D eigenvalue weighted by atomic mass is 10.1. The molecule has 1 N–H and O–H groups in total. The molecule has 0 atom stereocenters. The van der Waals surface area contributed by atoms with Crippen molar-refractivity contribution in [1.82, 2.24) is 0 Å². The number of nitro groups is 1. The van der Waals surface area contributed by atoms with Gasteiger partial charge in [0.1, 0.15) is 0 Å². The fraction of sp³-hybridized carbons (Fsp3) is 0.316. The zero-order valence-corrected chi connectivity index (χ0v) is 15.2. The summed E-state index contributed by atoms with van der Waals surface area (Å²) in [5.41, 5.74) is -0.296. The molecular formula is C19H21FN2O5. The average molecular weight is 376 g/mol. The van der Waals surface area contributed by atoms with Gasteiger partial charge in [0.2, 0.25) is 5.82 Å². The molecular weight excluding hydrogens is 355 g/mol. The minimum absolute atomic E-state index is 0.121. The van der Waals surface area contributed by atoms with Crippen LogP contribution in [0.1, 0.15) is 37.0 Å². The number of hydrogen-bond donors (Lipinski definition) is 1. The molecule has 0 aliphatic carbocycles. The first kappa shape index (κ1) is 20.2. The number of nitrogens with one attached hydrogen (secondary N) is 1. The summed E-state index contributed by atoms with van der Waals surface area (Å²) in [5.74, 6) is -0.479. The van der Waals surface area contributed by atoms with Crippen LogP contribution in [0.4, 0.5) is 15.8 Å². The first-order valence-corrected chi connectivity index (χ1v) is 8.61. The molecule has 0 spiro atoms. The van der Waals surface area contributed by atoms with Crippen molar-refractivity contribution in [2.75, 3.05) is 18.5 Å². The molecule has 0 aromatic heterocycles. The number of carbonyl (C=O) groups is 1. The Bertz CT molecular complexity index is 826. The summed E-state index contributed by atoms with van der Waals surface area (Å²) in [6.07, 6.45) is 1.63. The van der Waals surface area contributed by atoms with Gasteiger partial charge in [-0.3, -0.25) is 14.9 Å². The van der Waals surface area contributed by atoms with Crippen LogP contribution >= 0.6 is 0 Å². The monoisotopic (exact) mass is 376 g/mol. The minimum atomic E-state index is -0.967.